The average molecular weight is 565 g/mol. The molecule has 0 aliphatic carbocycles. The van der Waals surface area contributed by atoms with E-state index in [-0.39, 0.29) is 11.2 Å². The third-order valence-corrected chi connectivity index (χ3v) is 7.40. The van der Waals surface area contributed by atoms with Crippen LogP contribution in [0.25, 0.3) is 11.3 Å². The van der Waals surface area contributed by atoms with Gasteiger partial charge in [0.1, 0.15) is 11.5 Å². The van der Waals surface area contributed by atoms with Crippen molar-refractivity contribution in [2.45, 2.75) is 79.4 Å². The molecule has 1 aliphatic rings. The number of carboxylic acids is 1. The highest BCUT2D eigenvalue weighted by molar-refractivity contribution is 5.85. The van der Waals surface area contributed by atoms with Gasteiger partial charge in [0.05, 0.1) is 29.8 Å². The molecule has 8 nitrogen and oxygen atoms in total. The van der Waals surface area contributed by atoms with E-state index >= 15 is 0 Å². The van der Waals surface area contributed by atoms with E-state index in [4.69, 9.17) is 14.5 Å². The van der Waals surface area contributed by atoms with E-state index in [0.29, 0.717) is 47.1 Å². The second-order valence-corrected chi connectivity index (χ2v) is 12.5. The van der Waals surface area contributed by atoms with Crippen molar-refractivity contribution in [2.24, 2.45) is 5.41 Å². The lowest BCUT2D eigenvalue weighted by atomic mass is 9.82. The van der Waals surface area contributed by atoms with Gasteiger partial charge in [0.25, 0.3) is 0 Å². The Morgan fingerprint density at radius 1 is 1.07 bits per heavy atom. The van der Waals surface area contributed by atoms with Crippen molar-refractivity contribution in [1.82, 2.24) is 15.0 Å². The van der Waals surface area contributed by atoms with Crippen molar-refractivity contribution in [3.63, 3.8) is 0 Å². The smallest absolute Gasteiger partial charge is 0.337 e. The van der Waals surface area contributed by atoms with Crippen LogP contribution in [0.5, 0.6) is 5.88 Å². The van der Waals surface area contributed by atoms with Gasteiger partial charge in [0.2, 0.25) is 5.88 Å². The molecule has 1 saturated heterocycles. The molecular weight excluding hydrogens is 523 g/mol. The molecule has 3 heterocycles. The average Bonchev–Trinajstić information content (AvgIpc) is 2.89. The van der Waals surface area contributed by atoms with Crippen LogP contribution < -0.4 is 9.64 Å². The molecular formula is C32H41FN4O4. The number of pyridine rings is 1. The minimum absolute atomic E-state index is 0.205. The third-order valence-electron chi connectivity index (χ3n) is 7.40. The number of halogens is 1. The van der Waals surface area contributed by atoms with Crippen molar-refractivity contribution in [3.05, 3.63) is 65.0 Å². The Morgan fingerprint density at radius 2 is 1.73 bits per heavy atom. The summed E-state index contributed by atoms with van der Waals surface area (Å²) in [7, 11) is 0. The largest absolute Gasteiger partial charge is 0.479 e. The third kappa shape index (κ3) is 7.58. The fourth-order valence-corrected chi connectivity index (χ4v) is 5.03. The van der Waals surface area contributed by atoms with Gasteiger partial charge in [-0.1, -0.05) is 26.0 Å². The molecule has 9 heteroatoms. The Kier molecular flexibility index (Phi) is 8.97. The standard InChI is InChI=1S/C32H41FN4O4/c1-20-26(28(30(38)39)41-31(3,4)5)27(37-15-13-32(6,7)14-16-37)24(18-34-20)25-19-35-29(21(2)36-25)40-17-12-22-8-10-23(33)11-9-22/h8-11,18-19,28H,12-17H2,1-7H3,(H,38,39). The summed E-state index contributed by atoms with van der Waals surface area (Å²) < 4.78 is 25.2. The number of carbonyl (C=O) groups is 1. The van der Waals surface area contributed by atoms with Gasteiger partial charge in [0.15, 0.2) is 6.10 Å². The molecule has 41 heavy (non-hydrogen) atoms. The Labute approximate surface area is 242 Å². The Morgan fingerprint density at radius 3 is 2.32 bits per heavy atom. The van der Waals surface area contributed by atoms with Gasteiger partial charge in [-0.2, -0.15) is 0 Å². The van der Waals surface area contributed by atoms with Crippen molar-refractivity contribution >= 4 is 11.7 Å². The lowest BCUT2D eigenvalue weighted by molar-refractivity contribution is -0.160. The molecule has 1 aliphatic heterocycles. The molecule has 0 saturated carbocycles. The number of benzene rings is 1. The highest BCUT2D eigenvalue weighted by Crippen LogP contribution is 2.43. The summed E-state index contributed by atoms with van der Waals surface area (Å²) >= 11 is 0. The van der Waals surface area contributed by atoms with Crippen LogP contribution in [-0.4, -0.2) is 51.3 Å². The monoisotopic (exact) mass is 564 g/mol. The zero-order valence-corrected chi connectivity index (χ0v) is 25.1. The fraction of sp³-hybridized carbons (Fsp3) is 0.500. The van der Waals surface area contributed by atoms with Crippen LogP contribution in [0.15, 0.2) is 36.7 Å². The first-order valence-corrected chi connectivity index (χ1v) is 14.1. The predicted molar refractivity (Wildman–Crippen MR) is 157 cm³/mol. The van der Waals surface area contributed by atoms with Crippen molar-refractivity contribution in [3.8, 4) is 17.1 Å². The lowest BCUT2D eigenvalue weighted by Gasteiger charge is -2.40. The maximum Gasteiger partial charge on any atom is 0.337 e. The van der Waals surface area contributed by atoms with Gasteiger partial charge in [-0.25, -0.2) is 19.2 Å². The van der Waals surface area contributed by atoms with Crippen LogP contribution in [-0.2, 0) is 16.0 Å². The number of piperidine rings is 1. The first-order chi connectivity index (χ1) is 19.2. The highest BCUT2D eigenvalue weighted by atomic mass is 19.1. The van der Waals surface area contributed by atoms with E-state index in [1.165, 1.54) is 12.1 Å². The first kappa shape index (κ1) is 30.4. The molecule has 0 amide bonds. The molecule has 220 valence electrons. The van der Waals surface area contributed by atoms with Crippen LogP contribution in [0, 0.1) is 25.1 Å². The summed E-state index contributed by atoms with van der Waals surface area (Å²) in [4.78, 5) is 28.8. The summed E-state index contributed by atoms with van der Waals surface area (Å²) in [5.74, 6) is -0.919. The molecule has 1 aromatic carbocycles. The number of nitrogens with zero attached hydrogens (tertiary/aromatic N) is 4. The maximum atomic E-state index is 13.2. The van der Waals surface area contributed by atoms with Crippen molar-refractivity contribution in [1.29, 1.82) is 0 Å². The van der Waals surface area contributed by atoms with Crippen LogP contribution >= 0.6 is 0 Å². The molecule has 4 rings (SSSR count). The molecule has 0 spiro atoms. The lowest BCUT2D eigenvalue weighted by Crippen LogP contribution is -2.39. The predicted octanol–water partition coefficient (Wildman–Crippen LogP) is 6.48. The number of anilines is 1. The number of aromatic nitrogens is 3. The van der Waals surface area contributed by atoms with E-state index in [1.54, 1.807) is 24.5 Å². The summed E-state index contributed by atoms with van der Waals surface area (Å²) in [6.45, 7) is 15.6. The van der Waals surface area contributed by atoms with E-state index in [1.807, 2.05) is 34.6 Å². The summed E-state index contributed by atoms with van der Waals surface area (Å²) in [5, 5.41) is 10.3. The van der Waals surface area contributed by atoms with Crippen LogP contribution in [0.4, 0.5) is 10.1 Å². The number of aryl methyl sites for hydroxylation is 2. The number of carboxylic acid groups (broad SMARTS) is 1. The number of ether oxygens (including phenoxy) is 2. The van der Waals surface area contributed by atoms with Gasteiger partial charge in [0, 0.05) is 42.5 Å². The first-order valence-electron chi connectivity index (χ1n) is 14.1. The molecule has 1 fully saturated rings. The molecule has 0 bridgehead atoms. The molecule has 2 aromatic heterocycles. The molecule has 1 unspecified atom stereocenters. The van der Waals surface area contributed by atoms with E-state index in [2.05, 4.69) is 28.7 Å². The van der Waals surface area contributed by atoms with Crippen LogP contribution in [0.3, 0.4) is 0 Å². The van der Waals surface area contributed by atoms with Gasteiger partial charge >= 0.3 is 5.97 Å². The van der Waals surface area contributed by atoms with Crippen molar-refractivity contribution in [2.75, 3.05) is 24.6 Å². The van der Waals surface area contributed by atoms with E-state index < -0.39 is 17.7 Å². The van der Waals surface area contributed by atoms with Gasteiger partial charge < -0.3 is 19.5 Å². The normalized spacial score (nSPS) is 16.0. The number of hydrogen-bond donors (Lipinski definition) is 1. The quantitative estimate of drug-likeness (QED) is 0.315. The fourth-order valence-electron chi connectivity index (χ4n) is 5.03. The van der Waals surface area contributed by atoms with Crippen molar-refractivity contribution < 1.29 is 23.8 Å². The van der Waals surface area contributed by atoms with Gasteiger partial charge in [-0.3, -0.25) is 4.98 Å². The minimum Gasteiger partial charge on any atom is -0.479 e. The second-order valence-electron chi connectivity index (χ2n) is 12.5. The van der Waals surface area contributed by atoms with Crippen LogP contribution in [0.1, 0.15) is 76.1 Å². The Hall–Kier alpha value is -3.59. The SMILES string of the molecule is Cc1nc(-c2cnc(C)c(C(OC(C)(C)C)C(=O)O)c2N2CCC(C)(C)CC2)cnc1OCCc1ccc(F)cc1. The van der Waals surface area contributed by atoms with Crippen LogP contribution in [0.2, 0.25) is 0 Å². The Bertz CT molecular complexity index is 1380. The van der Waals surface area contributed by atoms with E-state index in [9.17, 15) is 14.3 Å². The topological polar surface area (TPSA) is 97.7 Å². The summed E-state index contributed by atoms with van der Waals surface area (Å²) in [5.41, 5.74) is 4.32. The number of rotatable bonds is 9. The molecule has 0 radical (unpaired) electrons. The highest BCUT2D eigenvalue weighted by Gasteiger charge is 2.36. The molecule has 1 N–H and O–H groups in total. The van der Waals surface area contributed by atoms with Gasteiger partial charge in [-0.15, -0.1) is 0 Å². The zero-order chi connectivity index (χ0) is 29.9. The van der Waals surface area contributed by atoms with E-state index in [0.717, 1.165) is 37.2 Å². The molecule has 1 atom stereocenters. The maximum absolute atomic E-state index is 13.2. The second kappa shape index (κ2) is 12.1. The summed E-state index contributed by atoms with van der Waals surface area (Å²) in [6.07, 6.45) is 4.74. The number of hydrogen-bond acceptors (Lipinski definition) is 7. The summed E-state index contributed by atoms with van der Waals surface area (Å²) in [6, 6.07) is 6.33. The Balaban J connectivity index is 1.71. The molecule has 3 aromatic rings. The minimum atomic E-state index is -1.20. The zero-order valence-electron chi connectivity index (χ0n) is 25.1. The van der Waals surface area contributed by atoms with Gasteiger partial charge in [-0.05, 0) is 70.6 Å². The number of aliphatic carboxylic acids is 1.